The minimum absolute atomic E-state index is 0.0768. The minimum Gasteiger partial charge on any atom is -0.495 e. The van der Waals surface area contributed by atoms with E-state index in [4.69, 9.17) is 39.5 Å². The van der Waals surface area contributed by atoms with Gasteiger partial charge in [0.25, 0.3) is 10.0 Å². The van der Waals surface area contributed by atoms with E-state index in [9.17, 15) is 13.2 Å². The first-order chi connectivity index (χ1) is 11.6. The second kappa shape index (κ2) is 7.70. The summed E-state index contributed by atoms with van der Waals surface area (Å²) < 4.78 is 32.6. The molecule has 0 atom stereocenters. The van der Waals surface area contributed by atoms with Gasteiger partial charge in [-0.1, -0.05) is 34.8 Å². The largest absolute Gasteiger partial charge is 0.495 e. The Labute approximate surface area is 160 Å². The predicted molar refractivity (Wildman–Crippen MR) is 99.6 cm³/mol. The van der Waals surface area contributed by atoms with Gasteiger partial charge in [0.05, 0.1) is 38.4 Å². The number of rotatable bonds is 5. The van der Waals surface area contributed by atoms with E-state index in [2.05, 4.69) is 10.0 Å². The lowest BCUT2D eigenvalue weighted by molar-refractivity contribution is -0.114. The molecule has 0 saturated carbocycles. The number of nitrogens with one attached hydrogen (secondary N) is 2. The fraction of sp³-hybridized carbons (Fsp3) is 0.133. The molecule has 0 unspecified atom stereocenters. The van der Waals surface area contributed by atoms with Crippen molar-refractivity contribution in [2.24, 2.45) is 0 Å². The van der Waals surface area contributed by atoms with Gasteiger partial charge < -0.3 is 10.1 Å². The van der Waals surface area contributed by atoms with Gasteiger partial charge in [0.15, 0.2) is 0 Å². The van der Waals surface area contributed by atoms with Crippen LogP contribution in [0.15, 0.2) is 35.2 Å². The molecular weight excluding hydrogens is 411 g/mol. The van der Waals surface area contributed by atoms with Crippen molar-refractivity contribution in [3.05, 3.63) is 45.4 Å². The van der Waals surface area contributed by atoms with E-state index in [-0.39, 0.29) is 37.2 Å². The van der Waals surface area contributed by atoms with Crippen LogP contribution in [0.3, 0.4) is 0 Å². The normalized spacial score (nSPS) is 11.1. The van der Waals surface area contributed by atoms with Crippen molar-refractivity contribution in [2.45, 2.75) is 11.8 Å². The minimum atomic E-state index is -3.99. The molecule has 1 amide bonds. The summed E-state index contributed by atoms with van der Waals surface area (Å²) in [6.07, 6.45) is 0. The van der Waals surface area contributed by atoms with Gasteiger partial charge in [-0.05, 0) is 30.3 Å². The SMILES string of the molecule is COc1ccc(S(=O)(=O)Nc2cc(Cl)c(Cl)cc2Cl)cc1NC(C)=O. The highest BCUT2D eigenvalue weighted by Gasteiger charge is 2.19. The average Bonchev–Trinajstić information content (AvgIpc) is 2.51. The molecule has 0 fully saturated rings. The summed E-state index contributed by atoms with van der Waals surface area (Å²) in [4.78, 5) is 11.2. The molecule has 2 aromatic carbocycles. The van der Waals surface area contributed by atoms with Crippen molar-refractivity contribution in [3.63, 3.8) is 0 Å². The van der Waals surface area contributed by atoms with Crippen LogP contribution in [-0.2, 0) is 14.8 Å². The van der Waals surface area contributed by atoms with Crippen LogP contribution in [0.2, 0.25) is 15.1 Å². The van der Waals surface area contributed by atoms with Crippen LogP contribution >= 0.6 is 34.8 Å². The van der Waals surface area contributed by atoms with Crippen LogP contribution in [-0.4, -0.2) is 21.4 Å². The summed E-state index contributed by atoms with van der Waals surface area (Å²) in [6.45, 7) is 1.30. The Kier molecular flexibility index (Phi) is 6.05. The van der Waals surface area contributed by atoms with Gasteiger partial charge in [0.2, 0.25) is 5.91 Å². The third kappa shape index (κ3) is 4.70. The van der Waals surface area contributed by atoms with E-state index in [1.165, 1.54) is 44.4 Å². The zero-order valence-electron chi connectivity index (χ0n) is 13.1. The Morgan fingerprint density at radius 2 is 1.64 bits per heavy atom. The van der Waals surface area contributed by atoms with Gasteiger partial charge in [-0.2, -0.15) is 0 Å². The Morgan fingerprint density at radius 3 is 2.24 bits per heavy atom. The van der Waals surface area contributed by atoms with Crippen molar-refractivity contribution >= 4 is 62.1 Å². The Bertz CT molecular complexity index is 933. The smallest absolute Gasteiger partial charge is 0.262 e. The summed E-state index contributed by atoms with van der Waals surface area (Å²) >= 11 is 17.7. The van der Waals surface area contributed by atoms with Gasteiger partial charge in [0.1, 0.15) is 5.75 Å². The van der Waals surface area contributed by atoms with Crippen LogP contribution in [0.4, 0.5) is 11.4 Å². The highest BCUT2D eigenvalue weighted by molar-refractivity contribution is 7.92. The lowest BCUT2D eigenvalue weighted by atomic mass is 10.3. The van der Waals surface area contributed by atoms with Gasteiger partial charge in [-0.25, -0.2) is 8.42 Å². The fourth-order valence-electron chi connectivity index (χ4n) is 1.95. The maximum absolute atomic E-state index is 12.6. The van der Waals surface area contributed by atoms with Gasteiger partial charge in [-0.3, -0.25) is 9.52 Å². The first-order valence-electron chi connectivity index (χ1n) is 6.77. The Morgan fingerprint density at radius 1 is 1.00 bits per heavy atom. The summed E-state index contributed by atoms with van der Waals surface area (Å²) in [5.74, 6) is -0.0462. The molecule has 6 nitrogen and oxygen atoms in total. The number of carbonyl (C=O) groups is 1. The molecule has 2 rings (SSSR count). The standard InChI is InChI=1S/C15H13Cl3N2O4S/c1-8(21)19-14-5-9(3-4-15(14)24-2)25(22,23)20-13-7-11(17)10(16)6-12(13)18/h3-7,20H,1-2H3,(H,19,21). The van der Waals surface area contributed by atoms with E-state index in [0.717, 1.165) is 0 Å². The highest BCUT2D eigenvalue weighted by Crippen LogP contribution is 2.34. The molecule has 0 heterocycles. The van der Waals surface area contributed by atoms with Crippen molar-refractivity contribution < 1.29 is 17.9 Å². The molecule has 2 aromatic rings. The first kappa shape index (κ1) is 19.7. The number of anilines is 2. The summed E-state index contributed by atoms with van der Waals surface area (Å²) in [7, 11) is -2.59. The zero-order valence-corrected chi connectivity index (χ0v) is 16.1. The molecule has 0 aliphatic carbocycles. The number of methoxy groups -OCH3 is 1. The molecule has 134 valence electrons. The molecule has 25 heavy (non-hydrogen) atoms. The highest BCUT2D eigenvalue weighted by atomic mass is 35.5. The van der Waals surface area contributed by atoms with Crippen LogP contribution < -0.4 is 14.8 Å². The molecular formula is C15H13Cl3N2O4S. The van der Waals surface area contributed by atoms with Crippen molar-refractivity contribution in [3.8, 4) is 5.75 Å². The second-order valence-corrected chi connectivity index (χ2v) is 7.80. The molecule has 0 aliphatic rings. The average molecular weight is 424 g/mol. The third-order valence-corrected chi connectivity index (χ3v) is 5.44. The zero-order chi connectivity index (χ0) is 18.8. The number of sulfonamides is 1. The lowest BCUT2D eigenvalue weighted by Gasteiger charge is -2.14. The van der Waals surface area contributed by atoms with Gasteiger partial charge >= 0.3 is 0 Å². The quantitative estimate of drug-likeness (QED) is 0.697. The van der Waals surface area contributed by atoms with Gasteiger partial charge in [0, 0.05) is 6.92 Å². The van der Waals surface area contributed by atoms with Crippen LogP contribution in [0.5, 0.6) is 5.75 Å². The van der Waals surface area contributed by atoms with E-state index >= 15 is 0 Å². The van der Waals surface area contributed by atoms with Crippen molar-refractivity contribution in [1.29, 1.82) is 0 Å². The second-order valence-electron chi connectivity index (χ2n) is 4.89. The number of hydrogen-bond acceptors (Lipinski definition) is 4. The maximum atomic E-state index is 12.6. The van der Waals surface area contributed by atoms with E-state index in [1.807, 2.05) is 0 Å². The van der Waals surface area contributed by atoms with E-state index < -0.39 is 10.0 Å². The van der Waals surface area contributed by atoms with Gasteiger partial charge in [-0.15, -0.1) is 0 Å². The monoisotopic (exact) mass is 422 g/mol. The number of ether oxygens (including phenoxy) is 1. The van der Waals surface area contributed by atoms with Crippen LogP contribution in [0, 0.1) is 0 Å². The van der Waals surface area contributed by atoms with E-state index in [1.54, 1.807) is 0 Å². The molecule has 0 aromatic heterocycles. The number of hydrogen-bond donors (Lipinski definition) is 2. The third-order valence-electron chi connectivity index (χ3n) is 3.05. The molecule has 0 radical (unpaired) electrons. The number of amides is 1. The predicted octanol–water partition coefficient (Wildman–Crippen LogP) is 4.41. The Hall–Kier alpha value is -1.67. The van der Waals surface area contributed by atoms with Crippen molar-refractivity contribution in [2.75, 3.05) is 17.1 Å². The van der Waals surface area contributed by atoms with Crippen LogP contribution in [0.1, 0.15) is 6.92 Å². The fourth-order valence-corrected chi connectivity index (χ4v) is 3.69. The molecule has 0 spiro atoms. The molecule has 0 bridgehead atoms. The first-order valence-corrected chi connectivity index (χ1v) is 9.38. The molecule has 2 N–H and O–H groups in total. The summed E-state index contributed by atoms with van der Waals surface area (Å²) in [6, 6.07) is 6.67. The molecule has 0 aliphatic heterocycles. The summed E-state index contributed by atoms with van der Waals surface area (Å²) in [5.41, 5.74) is 0.297. The summed E-state index contributed by atoms with van der Waals surface area (Å²) in [5, 5.41) is 2.95. The van der Waals surface area contributed by atoms with Crippen molar-refractivity contribution in [1.82, 2.24) is 0 Å². The Balaban J connectivity index is 2.43. The maximum Gasteiger partial charge on any atom is 0.262 e. The number of halogens is 3. The number of carbonyl (C=O) groups excluding carboxylic acids is 1. The molecule has 0 saturated heterocycles. The van der Waals surface area contributed by atoms with Crippen LogP contribution in [0.25, 0.3) is 0 Å². The lowest BCUT2D eigenvalue weighted by Crippen LogP contribution is -2.14. The topological polar surface area (TPSA) is 84.5 Å². The van der Waals surface area contributed by atoms with E-state index in [0.29, 0.717) is 5.75 Å². The molecule has 10 heteroatoms. The number of benzene rings is 2.